The summed E-state index contributed by atoms with van der Waals surface area (Å²) in [5.74, 6) is 0. The third-order valence-electron chi connectivity index (χ3n) is 2.19. The molecule has 0 saturated carbocycles. The summed E-state index contributed by atoms with van der Waals surface area (Å²) < 4.78 is 37.2. The Kier molecular flexibility index (Phi) is 2.32. The molecule has 0 radical (unpaired) electrons. The molecular formula is C9H9F3O. The van der Waals surface area contributed by atoms with E-state index >= 15 is 0 Å². The molecule has 0 heterocycles. The maximum Gasteiger partial charge on any atom is 0.397 e. The maximum atomic E-state index is 12.4. The monoisotopic (exact) mass is 190 g/mol. The third-order valence-corrected chi connectivity index (χ3v) is 2.19. The van der Waals surface area contributed by atoms with Gasteiger partial charge in [0.15, 0.2) is 0 Å². The fourth-order valence-corrected chi connectivity index (χ4v) is 1.04. The fraction of sp³-hybridized carbons (Fsp3) is 0.444. The number of hydrogen-bond acceptors (Lipinski definition) is 1. The van der Waals surface area contributed by atoms with E-state index in [1.165, 1.54) is 12.2 Å². The fourth-order valence-electron chi connectivity index (χ4n) is 1.04. The van der Waals surface area contributed by atoms with Crippen LogP contribution in [-0.4, -0.2) is 12.5 Å². The number of carbonyl (C=O) groups excluding carboxylic acids is 1. The smallest absolute Gasteiger partial charge is 0.298 e. The van der Waals surface area contributed by atoms with Crippen molar-refractivity contribution in [3.8, 4) is 0 Å². The first-order valence-corrected chi connectivity index (χ1v) is 3.80. The van der Waals surface area contributed by atoms with E-state index in [2.05, 4.69) is 0 Å². The summed E-state index contributed by atoms with van der Waals surface area (Å²) in [6, 6.07) is 0. The van der Waals surface area contributed by atoms with Crippen LogP contribution in [0.3, 0.4) is 0 Å². The van der Waals surface area contributed by atoms with Gasteiger partial charge in [-0.1, -0.05) is 18.2 Å². The van der Waals surface area contributed by atoms with Gasteiger partial charge in [0.05, 0.1) is 5.41 Å². The number of rotatable bonds is 1. The Morgan fingerprint density at radius 1 is 1.54 bits per heavy atom. The number of carbonyl (C=O) groups is 1. The van der Waals surface area contributed by atoms with Gasteiger partial charge in [0.2, 0.25) is 0 Å². The van der Waals surface area contributed by atoms with Crippen LogP contribution in [0, 0.1) is 5.41 Å². The highest BCUT2D eigenvalue weighted by Crippen LogP contribution is 2.44. The summed E-state index contributed by atoms with van der Waals surface area (Å²) in [4.78, 5) is 10.2. The van der Waals surface area contributed by atoms with Gasteiger partial charge in [-0.05, 0) is 13.3 Å². The molecular weight excluding hydrogens is 181 g/mol. The quantitative estimate of drug-likeness (QED) is 0.581. The van der Waals surface area contributed by atoms with Crippen LogP contribution in [0.1, 0.15) is 13.3 Å². The Morgan fingerprint density at radius 3 is 2.46 bits per heavy atom. The first kappa shape index (κ1) is 10.0. The van der Waals surface area contributed by atoms with Crippen LogP contribution in [0.5, 0.6) is 0 Å². The van der Waals surface area contributed by atoms with Crippen LogP contribution in [0.15, 0.2) is 23.8 Å². The molecule has 13 heavy (non-hydrogen) atoms. The van der Waals surface area contributed by atoms with Gasteiger partial charge < -0.3 is 0 Å². The molecule has 0 fully saturated rings. The molecule has 1 unspecified atom stereocenters. The van der Waals surface area contributed by atoms with Gasteiger partial charge in [0.25, 0.3) is 0 Å². The van der Waals surface area contributed by atoms with E-state index in [4.69, 9.17) is 0 Å². The Hall–Kier alpha value is -1.06. The van der Waals surface area contributed by atoms with Gasteiger partial charge in [-0.25, -0.2) is 0 Å². The standard InChI is InChI=1S/C9H9F3O/c1-8(9(10,11)12)4-2-7(6-13)3-5-8/h2-4,6H,5H2,1H3. The van der Waals surface area contributed by atoms with E-state index in [1.54, 1.807) is 0 Å². The molecule has 72 valence electrons. The predicted molar refractivity (Wildman–Crippen MR) is 42.1 cm³/mol. The molecule has 0 spiro atoms. The highest BCUT2D eigenvalue weighted by molar-refractivity contribution is 5.77. The van der Waals surface area contributed by atoms with Gasteiger partial charge in [-0.15, -0.1) is 0 Å². The largest absolute Gasteiger partial charge is 0.397 e. The average molecular weight is 190 g/mol. The van der Waals surface area contributed by atoms with E-state index < -0.39 is 11.6 Å². The lowest BCUT2D eigenvalue weighted by Gasteiger charge is -2.29. The van der Waals surface area contributed by atoms with Crippen LogP contribution in [0.25, 0.3) is 0 Å². The molecule has 1 aliphatic rings. The van der Waals surface area contributed by atoms with Gasteiger partial charge in [0.1, 0.15) is 6.29 Å². The van der Waals surface area contributed by atoms with Crippen molar-refractivity contribution in [2.45, 2.75) is 19.5 Å². The maximum absolute atomic E-state index is 12.4. The summed E-state index contributed by atoms with van der Waals surface area (Å²) in [6.45, 7) is 1.11. The average Bonchev–Trinajstić information content (AvgIpc) is 2.04. The zero-order valence-electron chi connectivity index (χ0n) is 7.06. The number of aldehydes is 1. The Morgan fingerprint density at radius 2 is 2.15 bits per heavy atom. The topological polar surface area (TPSA) is 17.1 Å². The van der Waals surface area contributed by atoms with Crippen LogP contribution >= 0.6 is 0 Å². The summed E-state index contributed by atoms with van der Waals surface area (Å²) >= 11 is 0. The first-order valence-electron chi connectivity index (χ1n) is 3.80. The number of alkyl halides is 3. The van der Waals surface area contributed by atoms with E-state index in [1.807, 2.05) is 0 Å². The molecule has 0 bridgehead atoms. The van der Waals surface area contributed by atoms with Crippen molar-refractivity contribution < 1.29 is 18.0 Å². The lowest BCUT2D eigenvalue weighted by atomic mass is 9.81. The highest BCUT2D eigenvalue weighted by Gasteiger charge is 2.49. The minimum atomic E-state index is -4.26. The SMILES string of the molecule is CC1(C(F)(F)F)C=CC(C=O)=CC1. The Balaban J connectivity index is 2.87. The van der Waals surface area contributed by atoms with Crippen molar-refractivity contribution in [3.05, 3.63) is 23.8 Å². The lowest BCUT2D eigenvalue weighted by molar-refractivity contribution is -0.199. The van der Waals surface area contributed by atoms with Crippen LogP contribution < -0.4 is 0 Å². The molecule has 0 aliphatic heterocycles. The lowest BCUT2D eigenvalue weighted by Crippen LogP contribution is -2.33. The molecule has 1 nitrogen and oxygen atoms in total. The van der Waals surface area contributed by atoms with Gasteiger partial charge >= 0.3 is 6.18 Å². The molecule has 0 aromatic rings. The Bertz CT molecular complexity index is 275. The van der Waals surface area contributed by atoms with Crippen molar-refractivity contribution in [1.82, 2.24) is 0 Å². The number of allylic oxidation sites excluding steroid dienone is 4. The molecule has 0 N–H and O–H groups in total. The van der Waals surface area contributed by atoms with Crippen molar-refractivity contribution in [2.75, 3.05) is 0 Å². The molecule has 0 saturated heterocycles. The molecule has 0 amide bonds. The third kappa shape index (κ3) is 1.82. The van der Waals surface area contributed by atoms with Crippen molar-refractivity contribution >= 4 is 6.29 Å². The predicted octanol–water partition coefficient (Wildman–Crippen LogP) is 2.64. The van der Waals surface area contributed by atoms with Crippen molar-refractivity contribution in [3.63, 3.8) is 0 Å². The second-order valence-electron chi connectivity index (χ2n) is 3.27. The summed E-state index contributed by atoms with van der Waals surface area (Å²) in [7, 11) is 0. The van der Waals surface area contributed by atoms with E-state index in [0.29, 0.717) is 11.9 Å². The highest BCUT2D eigenvalue weighted by atomic mass is 19.4. The van der Waals surface area contributed by atoms with Crippen LogP contribution in [-0.2, 0) is 4.79 Å². The molecule has 0 aromatic carbocycles. The van der Waals surface area contributed by atoms with Crippen molar-refractivity contribution in [1.29, 1.82) is 0 Å². The zero-order chi connectivity index (χ0) is 10.1. The summed E-state index contributed by atoms with van der Waals surface area (Å²) in [5.41, 5.74) is -1.51. The zero-order valence-corrected chi connectivity index (χ0v) is 7.06. The molecule has 1 rings (SSSR count). The first-order chi connectivity index (χ1) is 5.89. The number of halogens is 3. The van der Waals surface area contributed by atoms with Crippen molar-refractivity contribution in [2.24, 2.45) is 5.41 Å². The molecule has 4 heteroatoms. The normalized spacial score (nSPS) is 28.5. The van der Waals surface area contributed by atoms with E-state index in [0.717, 1.165) is 13.0 Å². The molecule has 1 aliphatic carbocycles. The van der Waals surface area contributed by atoms with E-state index in [-0.39, 0.29) is 6.42 Å². The second kappa shape index (κ2) is 3.01. The van der Waals surface area contributed by atoms with Gasteiger partial charge in [-0.3, -0.25) is 4.79 Å². The van der Waals surface area contributed by atoms with Crippen LogP contribution in [0.2, 0.25) is 0 Å². The van der Waals surface area contributed by atoms with Crippen LogP contribution in [0.4, 0.5) is 13.2 Å². The van der Waals surface area contributed by atoms with E-state index in [9.17, 15) is 18.0 Å². The van der Waals surface area contributed by atoms with Gasteiger partial charge in [-0.2, -0.15) is 13.2 Å². The number of hydrogen-bond donors (Lipinski definition) is 0. The molecule has 1 atom stereocenters. The Labute approximate surface area is 73.9 Å². The minimum absolute atomic E-state index is 0.166. The van der Waals surface area contributed by atoms with Gasteiger partial charge in [0, 0.05) is 5.57 Å². The second-order valence-corrected chi connectivity index (χ2v) is 3.27. The summed E-state index contributed by atoms with van der Waals surface area (Å²) in [5, 5.41) is 0. The summed E-state index contributed by atoms with van der Waals surface area (Å²) in [6.07, 6.45) is -0.316. The minimum Gasteiger partial charge on any atom is -0.298 e. The molecule has 0 aromatic heterocycles.